The molecule has 3 unspecified atom stereocenters. The van der Waals surface area contributed by atoms with Crippen LogP contribution in [-0.4, -0.2) is 23.2 Å². The van der Waals surface area contributed by atoms with Crippen LogP contribution in [0.25, 0.3) is 10.9 Å². The van der Waals surface area contributed by atoms with E-state index < -0.39 is 6.17 Å². The van der Waals surface area contributed by atoms with Gasteiger partial charge >= 0.3 is 0 Å². The second kappa shape index (κ2) is 5.96. The maximum Gasteiger partial charge on any atom is 0.102 e. The molecule has 3 atom stereocenters. The summed E-state index contributed by atoms with van der Waals surface area (Å²) in [5.41, 5.74) is 2.59. The van der Waals surface area contributed by atoms with Gasteiger partial charge in [-0.05, 0) is 50.7 Å². The monoisotopic (exact) mass is 274 g/mol. The normalized spacial score (nSPS) is 24.3. The Morgan fingerprint density at radius 3 is 3.00 bits per heavy atom. The molecule has 20 heavy (non-hydrogen) atoms. The summed E-state index contributed by atoms with van der Waals surface area (Å²) >= 11 is 0. The molecule has 1 saturated carbocycles. The molecule has 0 saturated heterocycles. The van der Waals surface area contributed by atoms with E-state index in [4.69, 9.17) is 0 Å². The first-order chi connectivity index (χ1) is 9.72. The van der Waals surface area contributed by atoms with Crippen molar-refractivity contribution >= 4 is 10.9 Å². The minimum Gasteiger partial charge on any atom is -0.361 e. The van der Waals surface area contributed by atoms with Crippen molar-refractivity contribution in [2.45, 2.75) is 57.3 Å². The second-order valence-corrected chi connectivity index (χ2v) is 6.07. The summed E-state index contributed by atoms with van der Waals surface area (Å²) in [6.45, 7) is 2.21. The molecule has 0 spiro atoms. The van der Waals surface area contributed by atoms with Crippen molar-refractivity contribution in [3.05, 3.63) is 36.0 Å². The Balaban J connectivity index is 1.54. The number of aromatic amines is 1. The minimum absolute atomic E-state index is 0.378. The molecule has 108 valence electrons. The summed E-state index contributed by atoms with van der Waals surface area (Å²) in [6, 6.07) is 9.24. The molecule has 3 heteroatoms. The zero-order valence-corrected chi connectivity index (χ0v) is 12.0. The van der Waals surface area contributed by atoms with Gasteiger partial charge in [-0.2, -0.15) is 0 Å². The van der Waals surface area contributed by atoms with E-state index in [1.807, 2.05) is 0 Å². The van der Waals surface area contributed by atoms with E-state index in [1.165, 1.54) is 16.5 Å². The van der Waals surface area contributed by atoms with Crippen LogP contribution in [-0.2, 0) is 6.42 Å². The lowest BCUT2D eigenvalue weighted by atomic mass is 10.0. The molecule has 0 bridgehead atoms. The third-order valence-corrected chi connectivity index (χ3v) is 4.41. The summed E-state index contributed by atoms with van der Waals surface area (Å²) in [4.78, 5) is 3.32. The van der Waals surface area contributed by atoms with Crippen molar-refractivity contribution in [3.8, 4) is 0 Å². The summed E-state index contributed by atoms with van der Waals surface area (Å²) in [7, 11) is 0. The number of hydrogen-bond donors (Lipinski definition) is 2. The fourth-order valence-corrected chi connectivity index (χ4v) is 3.27. The van der Waals surface area contributed by atoms with Gasteiger partial charge in [0.15, 0.2) is 0 Å². The van der Waals surface area contributed by atoms with Gasteiger partial charge in [0.05, 0.1) is 0 Å². The van der Waals surface area contributed by atoms with Crippen LogP contribution >= 0.6 is 0 Å². The Labute approximate surface area is 119 Å². The molecule has 2 aromatic rings. The van der Waals surface area contributed by atoms with Gasteiger partial charge in [-0.25, -0.2) is 4.39 Å². The van der Waals surface area contributed by atoms with Crippen LogP contribution in [0, 0.1) is 0 Å². The van der Waals surface area contributed by atoms with Crippen molar-refractivity contribution < 1.29 is 4.39 Å². The van der Waals surface area contributed by atoms with Crippen LogP contribution in [0.15, 0.2) is 30.5 Å². The molecule has 1 aromatic heterocycles. The smallest absolute Gasteiger partial charge is 0.102 e. The van der Waals surface area contributed by atoms with Gasteiger partial charge in [0.25, 0.3) is 0 Å². The number of nitrogens with one attached hydrogen (secondary N) is 2. The number of rotatable bonds is 5. The molecular formula is C17H23FN2. The number of H-pyrrole nitrogens is 1. The second-order valence-electron chi connectivity index (χ2n) is 6.07. The van der Waals surface area contributed by atoms with E-state index in [9.17, 15) is 4.39 Å². The fourth-order valence-electron chi connectivity index (χ4n) is 3.27. The van der Waals surface area contributed by atoms with E-state index in [1.54, 1.807) is 0 Å². The van der Waals surface area contributed by atoms with Crippen LogP contribution in [0.5, 0.6) is 0 Å². The minimum atomic E-state index is -0.590. The highest BCUT2D eigenvalue weighted by Gasteiger charge is 2.24. The van der Waals surface area contributed by atoms with E-state index >= 15 is 0 Å². The third-order valence-electron chi connectivity index (χ3n) is 4.41. The highest BCUT2D eigenvalue weighted by atomic mass is 19.1. The van der Waals surface area contributed by atoms with Crippen molar-refractivity contribution in [3.63, 3.8) is 0 Å². The summed E-state index contributed by atoms with van der Waals surface area (Å²) < 4.78 is 13.2. The van der Waals surface area contributed by atoms with Crippen LogP contribution in [0.1, 0.15) is 38.2 Å². The predicted octanol–water partition coefficient (Wildman–Crippen LogP) is 3.97. The molecule has 1 aliphatic carbocycles. The Bertz CT molecular complexity index is 563. The van der Waals surface area contributed by atoms with Crippen molar-refractivity contribution in [2.24, 2.45) is 0 Å². The predicted molar refractivity (Wildman–Crippen MR) is 81.8 cm³/mol. The first kappa shape index (κ1) is 13.6. The molecule has 3 rings (SSSR count). The average molecular weight is 274 g/mol. The van der Waals surface area contributed by atoms with Gasteiger partial charge in [-0.15, -0.1) is 0 Å². The molecule has 0 amide bonds. The van der Waals surface area contributed by atoms with Gasteiger partial charge in [0.2, 0.25) is 0 Å². The number of aryl methyl sites for hydroxylation is 1. The summed E-state index contributed by atoms with van der Waals surface area (Å²) in [5.74, 6) is 0. The number of para-hydroxylation sites is 1. The number of hydrogen-bond acceptors (Lipinski definition) is 1. The van der Waals surface area contributed by atoms with Crippen molar-refractivity contribution in [2.75, 3.05) is 0 Å². The van der Waals surface area contributed by atoms with E-state index in [2.05, 4.69) is 47.7 Å². The highest BCUT2D eigenvalue weighted by Crippen LogP contribution is 2.23. The first-order valence-corrected chi connectivity index (χ1v) is 7.67. The lowest BCUT2D eigenvalue weighted by molar-refractivity contribution is 0.328. The molecule has 1 heterocycles. The summed E-state index contributed by atoms with van der Waals surface area (Å²) in [5, 5.41) is 4.89. The van der Waals surface area contributed by atoms with Crippen LogP contribution in [0.3, 0.4) is 0 Å². The molecule has 0 radical (unpaired) electrons. The quantitative estimate of drug-likeness (QED) is 0.848. The molecule has 2 N–H and O–H groups in total. The lowest BCUT2D eigenvalue weighted by Crippen LogP contribution is -2.35. The average Bonchev–Trinajstić information content (AvgIpc) is 3.03. The van der Waals surface area contributed by atoms with E-state index in [0.717, 1.165) is 25.7 Å². The molecule has 1 aliphatic rings. The molecule has 0 aliphatic heterocycles. The number of halogens is 1. The summed E-state index contributed by atoms with van der Waals surface area (Å²) in [6.07, 6.45) is 6.08. The first-order valence-electron chi connectivity index (χ1n) is 7.67. The fraction of sp³-hybridized carbons (Fsp3) is 0.529. The number of aromatic nitrogens is 1. The Hall–Kier alpha value is -1.35. The van der Waals surface area contributed by atoms with Gasteiger partial charge < -0.3 is 10.3 Å². The Morgan fingerprint density at radius 2 is 2.20 bits per heavy atom. The largest absolute Gasteiger partial charge is 0.361 e. The standard InChI is InChI=1S/C17H23FN2/c1-12(20-15-9-8-14(18)10-15)6-7-13-11-19-17-5-3-2-4-16(13)17/h2-5,11-12,14-15,19-20H,6-10H2,1H3. The van der Waals surface area contributed by atoms with E-state index in [-0.39, 0.29) is 0 Å². The van der Waals surface area contributed by atoms with E-state index in [0.29, 0.717) is 18.5 Å². The van der Waals surface area contributed by atoms with Crippen LogP contribution in [0.2, 0.25) is 0 Å². The maximum absolute atomic E-state index is 13.2. The number of fused-ring (bicyclic) bond motifs is 1. The zero-order chi connectivity index (χ0) is 13.9. The Morgan fingerprint density at radius 1 is 1.35 bits per heavy atom. The van der Waals surface area contributed by atoms with Crippen LogP contribution in [0.4, 0.5) is 4.39 Å². The lowest BCUT2D eigenvalue weighted by Gasteiger charge is -2.19. The SMILES string of the molecule is CC(CCc1c[nH]c2ccccc12)NC1CCC(F)C1. The molecular weight excluding hydrogens is 251 g/mol. The van der Waals surface area contributed by atoms with Crippen molar-refractivity contribution in [1.29, 1.82) is 0 Å². The third kappa shape index (κ3) is 3.04. The topological polar surface area (TPSA) is 27.8 Å². The maximum atomic E-state index is 13.2. The van der Waals surface area contributed by atoms with Gasteiger partial charge in [0, 0.05) is 29.2 Å². The Kier molecular flexibility index (Phi) is 4.06. The van der Waals surface area contributed by atoms with Gasteiger partial charge in [-0.1, -0.05) is 18.2 Å². The van der Waals surface area contributed by atoms with Gasteiger partial charge in [0.1, 0.15) is 6.17 Å². The highest BCUT2D eigenvalue weighted by molar-refractivity contribution is 5.82. The molecule has 2 nitrogen and oxygen atoms in total. The zero-order valence-electron chi connectivity index (χ0n) is 12.0. The molecule has 1 fully saturated rings. The van der Waals surface area contributed by atoms with Crippen molar-refractivity contribution in [1.82, 2.24) is 10.3 Å². The van der Waals surface area contributed by atoms with Crippen LogP contribution < -0.4 is 5.32 Å². The number of alkyl halides is 1. The molecule has 1 aromatic carbocycles. The number of benzene rings is 1. The van der Waals surface area contributed by atoms with Gasteiger partial charge in [-0.3, -0.25) is 0 Å².